The summed E-state index contributed by atoms with van der Waals surface area (Å²) in [5.41, 5.74) is 6.66. The lowest BCUT2D eigenvalue weighted by atomic mass is 10.1. The Balaban J connectivity index is 1.93. The molecule has 110 valence electrons. The number of carbonyl (C=O) groups is 2. The molecule has 2 amide bonds. The SMILES string of the molecule is CN(CC(=O)NC1CC1)C(=O)c1ccc(C#CCN)cc1. The van der Waals surface area contributed by atoms with E-state index in [9.17, 15) is 9.59 Å². The van der Waals surface area contributed by atoms with Gasteiger partial charge in [0.2, 0.25) is 5.91 Å². The molecule has 0 radical (unpaired) electrons. The van der Waals surface area contributed by atoms with E-state index in [1.54, 1.807) is 31.3 Å². The Morgan fingerprint density at radius 3 is 2.57 bits per heavy atom. The predicted octanol–water partition coefficient (Wildman–Crippen LogP) is 0.347. The molecule has 2 rings (SSSR count). The fourth-order valence-corrected chi connectivity index (χ4v) is 1.86. The first kappa shape index (κ1) is 15.1. The molecule has 1 aliphatic carbocycles. The third kappa shape index (κ3) is 4.62. The number of benzene rings is 1. The van der Waals surface area contributed by atoms with Crippen LogP contribution in [0.15, 0.2) is 24.3 Å². The Kier molecular flexibility index (Phi) is 4.96. The van der Waals surface area contributed by atoms with Crippen molar-refractivity contribution in [2.75, 3.05) is 20.1 Å². The standard InChI is InChI=1S/C16H19N3O2/c1-19(11-15(20)18-14-8-9-14)16(21)13-6-4-12(5-7-13)3-2-10-17/h4-7,14H,8-11,17H2,1H3,(H,18,20). The molecule has 1 aromatic carbocycles. The van der Waals surface area contributed by atoms with Crippen LogP contribution in [0, 0.1) is 11.8 Å². The average Bonchev–Trinajstić information content (AvgIpc) is 3.28. The summed E-state index contributed by atoms with van der Waals surface area (Å²) in [5.74, 6) is 5.36. The lowest BCUT2D eigenvalue weighted by Crippen LogP contribution is -2.39. The van der Waals surface area contributed by atoms with Crippen molar-refractivity contribution in [1.82, 2.24) is 10.2 Å². The van der Waals surface area contributed by atoms with Crippen LogP contribution in [-0.4, -0.2) is 42.9 Å². The number of likely N-dealkylation sites (N-methyl/N-ethyl adjacent to an activating group) is 1. The van der Waals surface area contributed by atoms with E-state index in [4.69, 9.17) is 5.73 Å². The van der Waals surface area contributed by atoms with Gasteiger partial charge in [0.1, 0.15) is 0 Å². The van der Waals surface area contributed by atoms with Crippen molar-refractivity contribution < 1.29 is 9.59 Å². The van der Waals surface area contributed by atoms with Crippen molar-refractivity contribution in [1.29, 1.82) is 0 Å². The molecule has 1 aromatic rings. The van der Waals surface area contributed by atoms with Gasteiger partial charge >= 0.3 is 0 Å². The van der Waals surface area contributed by atoms with Gasteiger partial charge in [-0.05, 0) is 37.1 Å². The van der Waals surface area contributed by atoms with Crippen molar-refractivity contribution in [2.24, 2.45) is 5.73 Å². The van der Waals surface area contributed by atoms with Gasteiger partial charge in [-0.25, -0.2) is 0 Å². The van der Waals surface area contributed by atoms with Gasteiger partial charge in [0.25, 0.3) is 5.91 Å². The maximum Gasteiger partial charge on any atom is 0.254 e. The second-order valence-corrected chi connectivity index (χ2v) is 5.09. The molecule has 0 heterocycles. The van der Waals surface area contributed by atoms with E-state index in [0.29, 0.717) is 18.2 Å². The first-order valence-corrected chi connectivity index (χ1v) is 6.94. The van der Waals surface area contributed by atoms with Crippen LogP contribution in [0.2, 0.25) is 0 Å². The molecule has 5 nitrogen and oxygen atoms in total. The first-order valence-electron chi connectivity index (χ1n) is 6.94. The zero-order valence-corrected chi connectivity index (χ0v) is 12.1. The van der Waals surface area contributed by atoms with Gasteiger partial charge in [-0.2, -0.15) is 0 Å². The topological polar surface area (TPSA) is 75.4 Å². The highest BCUT2D eigenvalue weighted by atomic mass is 16.2. The molecule has 5 heteroatoms. The number of rotatable bonds is 4. The number of carbonyl (C=O) groups excluding carboxylic acids is 2. The average molecular weight is 285 g/mol. The summed E-state index contributed by atoms with van der Waals surface area (Å²) < 4.78 is 0. The van der Waals surface area contributed by atoms with E-state index in [1.807, 2.05) is 0 Å². The van der Waals surface area contributed by atoms with Gasteiger partial charge in [0.05, 0.1) is 13.1 Å². The third-order valence-corrected chi connectivity index (χ3v) is 3.14. The van der Waals surface area contributed by atoms with Crippen LogP contribution in [0.25, 0.3) is 0 Å². The number of nitrogens with zero attached hydrogens (tertiary/aromatic N) is 1. The summed E-state index contributed by atoms with van der Waals surface area (Å²) >= 11 is 0. The van der Waals surface area contributed by atoms with Crippen molar-refractivity contribution in [2.45, 2.75) is 18.9 Å². The molecule has 0 saturated heterocycles. The lowest BCUT2D eigenvalue weighted by Gasteiger charge is -2.16. The van der Waals surface area contributed by atoms with Crippen LogP contribution >= 0.6 is 0 Å². The monoisotopic (exact) mass is 285 g/mol. The zero-order chi connectivity index (χ0) is 15.2. The van der Waals surface area contributed by atoms with Gasteiger partial charge in [0.15, 0.2) is 0 Å². The summed E-state index contributed by atoms with van der Waals surface area (Å²) in [6.07, 6.45) is 2.07. The second-order valence-electron chi connectivity index (χ2n) is 5.09. The van der Waals surface area contributed by atoms with Gasteiger partial charge in [0, 0.05) is 24.2 Å². The fraction of sp³-hybridized carbons (Fsp3) is 0.375. The Hall–Kier alpha value is -2.32. The first-order chi connectivity index (χ1) is 10.1. The van der Waals surface area contributed by atoms with Crippen molar-refractivity contribution in [3.63, 3.8) is 0 Å². The summed E-state index contributed by atoms with van der Waals surface area (Å²) in [7, 11) is 1.62. The molecule has 0 aromatic heterocycles. The molecule has 0 aliphatic heterocycles. The minimum Gasteiger partial charge on any atom is -0.352 e. The normalized spacial score (nSPS) is 13.0. The predicted molar refractivity (Wildman–Crippen MR) is 80.5 cm³/mol. The zero-order valence-electron chi connectivity index (χ0n) is 12.1. The quantitative estimate of drug-likeness (QED) is 0.784. The van der Waals surface area contributed by atoms with Crippen LogP contribution in [0.1, 0.15) is 28.8 Å². The minimum atomic E-state index is -0.181. The Labute approximate surface area is 124 Å². The van der Waals surface area contributed by atoms with Gasteiger partial charge in [-0.1, -0.05) is 11.8 Å². The smallest absolute Gasteiger partial charge is 0.254 e. The number of hydrogen-bond donors (Lipinski definition) is 2. The molecule has 0 unspecified atom stereocenters. The molecule has 0 bridgehead atoms. The summed E-state index contributed by atoms with van der Waals surface area (Å²) in [6.45, 7) is 0.379. The number of hydrogen-bond acceptors (Lipinski definition) is 3. The van der Waals surface area contributed by atoms with E-state index >= 15 is 0 Å². The molecule has 3 N–H and O–H groups in total. The van der Waals surface area contributed by atoms with E-state index in [2.05, 4.69) is 17.2 Å². The van der Waals surface area contributed by atoms with E-state index < -0.39 is 0 Å². The van der Waals surface area contributed by atoms with Gasteiger partial charge in [-0.3, -0.25) is 9.59 Å². The molecule has 21 heavy (non-hydrogen) atoms. The highest BCUT2D eigenvalue weighted by molar-refractivity contribution is 5.96. The maximum absolute atomic E-state index is 12.2. The molecule has 1 fully saturated rings. The highest BCUT2D eigenvalue weighted by Crippen LogP contribution is 2.18. The van der Waals surface area contributed by atoms with Crippen LogP contribution in [-0.2, 0) is 4.79 Å². The molecular weight excluding hydrogens is 266 g/mol. The van der Waals surface area contributed by atoms with Crippen LogP contribution in [0.3, 0.4) is 0 Å². The molecule has 1 aliphatic rings. The Bertz CT molecular complexity index is 580. The Morgan fingerprint density at radius 1 is 1.33 bits per heavy atom. The van der Waals surface area contributed by atoms with Crippen molar-refractivity contribution >= 4 is 11.8 Å². The molecular formula is C16H19N3O2. The molecule has 1 saturated carbocycles. The van der Waals surface area contributed by atoms with Crippen LogP contribution < -0.4 is 11.1 Å². The van der Waals surface area contributed by atoms with E-state index in [-0.39, 0.29) is 18.4 Å². The second kappa shape index (κ2) is 6.91. The minimum absolute atomic E-state index is 0.0735. The summed E-state index contributed by atoms with van der Waals surface area (Å²) in [6, 6.07) is 7.26. The van der Waals surface area contributed by atoms with Crippen molar-refractivity contribution in [3.05, 3.63) is 35.4 Å². The largest absolute Gasteiger partial charge is 0.352 e. The van der Waals surface area contributed by atoms with E-state index in [1.165, 1.54) is 4.90 Å². The third-order valence-electron chi connectivity index (χ3n) is 3.14. The fourth-order valence-electron chi connectivity index (χ4n) is 1.86. The lowest BCUT2D eigenvalue weighted by molar-refractivity contribution is -0.121. The highest BCUT2D eigenvalue weighted by Gasteiger charge is 2.24. The van der Waals surface area contributed by atoms with Gasteiger partial charge in [-0.15, -0.1) is 0 Å². The van der Waals surface area contributed by atoms with E-state index in [0.717, 1.165) is 18.4 Å². The van der Waals surface area contributed by atoms with Crippen LogP contribution in [0.5, 0.6) is 0 Å². The molecule has 0 atom stereocenters. The van der Waals surface area contributed by atoms with Crippen LogP contribution in [0.4, 0.5) is 0 Å². The van der Waals surface area contributed by atoms with Crippen molar-refractivity contribution in [3.8, 4) is 11.8 Å². The number of nitrogens with two attached hydrogens (primary N) is 1. The maximum atomic E-state index is 12.2. The Morgan fingerprint density at radius 2 is 2.00 bits per heavy atom. The molecule has 0 spiro atoms. The number of amides is 2. The van der Waals surface area contributed by atoms with Gasteiger partial charge < -0.3 is 16.0 Å². The number of nitrogens with one attached hydrogen (secondary N) is 1. The summed E-state index contributed by atoms with van der Waals surface area (Å²) in [4.78, 5) is 25.3. The summed E-state index contributed by atoms with van der Waals surface area (Å²) in [5, 5.41) is 2.86.